The molecule has 1 aromatic heterocycles. The maximum Gasteiger partial charge on any atom is 0.227 e. The lowest BCUT2D eigenvalue weighted by Crippen LogP contribution is -2.33. The number of aromatic nitrogens is 2. The first-order valence-corrected chi connectivity index (χ1v) is 9.16. The molecule has 0 radical (unpaired) electrons. The van der Waals surface area contributed by atoms with Crippen LogP contribution in [-0.4, -0.2) is 27.9 Å². The normalized spacial score (nSPS) is 17.2. The third-order valence-electron chi connectivity index (χ3n) is 4.95. The van der Waals surface area contributed by atoms with E-state index in [1.54, 1.807) is 17.4 Å². The molecule has 1 N–H and O–H groups in total. The molecule has 2 amide bonds. The number of amides is 2. The first kappa shape index (κ1) is 18.2. The van der Waals surface area contributed by atoms with Gasteiger partial charge in [0.25, 0.3) is 0 Å². The number of nitrogens with one attached hydrogen (secondary N) is 1. The van der Waals surface area contributed by atoms with Gasteiger partial charge in [-0.1, -0.05) is 26.0 Å². The maximum atomic E-state index is 12.5. The summed E-state index contributed by atoms with van der Waals surface area (Å²) in [5, 5.41) is 2.94. The molecule has 6 nitrogen and oxygen atoms in total. The third-order valence-corrected chi connectivity index (χ3v) is 4.95. The highest BCUT2D eigenvalue weighted by Crippen LogP contribution is 2.27. The van der Waals surface area contributed by atoms with E-state index in [9.17, 15) is 9.59 Å². The summed E-state index contributed by atoms with van der Waals surface area (Å²) in [6, 6.07) is 8.03. The lowest BCUT2D eigenvalue weighted by atomic mass is 10.0. The fourth-order valence-corrected chi connectivity index (χ4v) is 3.27. The highest BCUT2D eigenvalue weighted by molar-refractivity contribution is 6.00. The van der Waals surface area contributed by atoms with Crippen molar-refractivity contribution >= 4 is 17.5 Å². The standard InChI is InChI=1S/C20H26N4O2/c1-4-23-13-21-10-18(23)11-22-20(26)16-9-19(25)24(12-16)17-7-5-15(6-8-17)14(2)3/h5-8,10,13-14,16H,4,9,11-12H2,1-3H3,(H,22,26). The molecule has 1 fully saturated rings. The van der Waals surface area contributed by atoms with Gasteiger partial charge in [-0.25, -0.2) is 4.98 Å². The van der Waals surface area contributed by atoms with E-state index in [1.165, 1.54) is 5.56 Å². The molecular weight excluding hydrogens is 328 g/mol. The van der Waals surface area contributed by atoms with Gasteiger partial charge in [0.2, 0.25) is 11.8 Å². The van der Waals surface area contributed by atoms with E-state index in [2.05, 4.69) is 24.1 Å². The summed E-state index contributed by atoms with van der Waals surface area (Å²) in [5.74, 6) is 0.0586. The SMILES string of the molecule is CCn1cncc1CNC(=O)C1CC(=O)N(c2ccc(C(C)C)cc2)C1. The number of hydrogen-bond donors (Lipinski definition) is 1. The minimum absolute atomic E-state index is 0.000969. The molecule has 1 aliphatic rings. The van der Waals surface area contributed by atoms with Gasteiger partial charge < -0.3 is 14.8 Å². The van der Waals surface area contributed by atoms with Crippen molar-refractivity contribution in [1.82, 2.24) is 14.9 Å². The smallest absolute Gasteiger partial charge is 0.227 e. The van der Waals surface area contributed by atoms with Crippen LogP contribution in [0.4, 0.5) is 5.69 Å². The number of rotatable bonds is 6. The van der Waals surface area contributed by atoms with Gasteiger partial charge in [0, 0.05) is 31.4 Å². The molecule has 0 spiro atoms. The molecule has 2 aromatic rings. The summed E-state index contributed by atoms with van der Waals surface area (Å²) in [6.45, 7) is 7.99. The number of nitrogens with zero attached hydrogens (tertiary/aromatic N) is 3. The summed E-state index contributed by atoms with van der Waals surface area (Å²) < 4.78 is 1.99. The zero-order valence-electron chi connectivity index (χ0n) is 15.6. The number of benzene rings is 1. The zero-order chi connectivity index (χ0) is 18.7. The van der Waals surface area contributed by atoms with Crippen LogP contribution in [0.2, 0.25) is 0 Å². The fraction of sp³-hybridized carbons (Fsp3) is 0.450. The van der Waals surface area contributed by atoms with E-state index in [1.807, 2.05) is 35.8 Å². The van der Waals surface area contributed by atoms with Gasteiger partial charge in [0.1, 0.15) is 0 Å². The van der Waals surface area contributed by atoms with Crippen molar-refractivity contribution in [3.63, 3.8) is 0 Å². The van der Waals surface area contributed by atoms with Crippen molar-refractivity contribution in [3.8, 4) is 0 Å². The molecule has 138 valence electrons. The molecule has 26 heavy (non-hydrogen) atoms. The van der Waals surface area contributed by atoms with Gasteiger partial charge in [-0.2, -0.15) is 0 Å². The van der Waals surface area contributed by atoms with Gasteiger partial charge in [-0.15, -0.1) is 0 Å². The van der Waals surface area contributed by atoms with Crippen LogP contribution >= 0.6 is 0 Å². The predicted octanol–water partition coefficient (Wildman–Crippen LogP) is 2.70. The summed E-state index contributed by atoms with van der Waals surface area (Å²) in [5.41, 5.74) is 3.06. The Kier molecular flexibility index (Phi) is 5.40. The molecule has 0 bridgehead atoms. The molecule has 1 aromatic carbocycles. The first-order valence-electron chi connectivity index (χ1n) is 9.16. The van der Waals surface area contributed by atoms with Crippen LogP contribution in [-0.2, 0) is 22.7 Å². The number of carbonyl (C=O) groups is 2. The van der Waals surface area contributed by atoms with E-state index in [4.69, 9.17) is 0 Å². The Bertz CT molecular complexity index is 779. The summed E-state index contributed by atoms with van der Waals surface area (Å²) in [7, 11) is 0. The molecule has 3 rings (SSSR count). The number of anilines is 1. The molecular formula is C20H26N4O2. The second-order valence-electron chi connectivity index (χ2n) is 7.04. The highest BCUT2D eigenvalue weighted by atomic mass is 16.2. The van der Waals surface area contributed by atoms with Crippen molar-refractivity contribution < 1.29 is 9.59 Å². The van der Waals surface area contributed by atoms with E-state index in [0.29, 0.717) is 19.0 Å². The monoisotopic (exact) mass is 354 g/mol. The van der Waals surface area contributed by atoms with Gasteiger partial charge in [0.15, 0.2) is 0 Å². The number of carbonyl (C=O) groups excluding carboxylic acids is 2. The van der Waals surface area contributed by atoms with Gasteiger partial charge in [-0.3, -0.25) is 9.59 Å². The van der Waals surface area contributed by atoms with E-state index >= 15 is 0 Å². The Balaban J connectivity index is 1.60. The molecule has 0 aliphatic carbocycles. The van der Waals surface area contributed by atoms with E-state index in [-0.39, 0.29) is 24.2 Å². The Labute approximate surface area is 154 Å². The molecule has 2 heterocycles. The Morgan fingerprint density at radius 1 is 1.31 bits per heavy atom. The highest BCUT2D eigenvalue weighted by Gasteiger charge is 2.35. The van der Waals surface area contributed by atoms with Crippen LogP contribution in [0.25, 0.3) is 0 Å². The minimum atomic E-state index is -0.315. The minimum Gasteiger partial charge on any atom is -0.350 e. The van der Waals surface area contributed by atoms with E-state index in [0.717, 1.165) is 17.9 Å². The lowest BCUT2D eigenvalue weighted by molar-refractivity contribution is -0.126. The second-order valence-corrected chi connectivity index (χ2v) is 7.04. The maximum absolute atomic E-state index is 12.5. The van der Waals surface area contributed by atoms with Gasteiger partial charge >= 0.3 is 0 Å². The van der Waals surface area contributed by atoms with Crippen molar-refractivity contribution in [2.75, 3.05) is 11.4 Å². The van der Waals surface area contributed by atoms with Gasteiger partial charge in [-0.05, 0) is 30.5 Å². The van der Waals surface area contributed by atoms with Crippen molar-refractivity contribution in [1.29, 1.82) is 0 Å². The summed E-state index contributed by atoms with van der Waals surface area (Å²) >= 11 is 0. The largest absolute Gasteiger partial charge is 0.350 e. The average Bonchev–Trinajstić information content (AvgIpc) is 3.25. The average molecular weight is 354 g/mol. The summed E-state index contributed by atoms with van der Waals surface area (Å²) in [4.78, 5) is 30.7. The topological polar surface area (TPSA) is 67.2 Å². The molecule has 1 aliphatic heterocycles. The van der Waals surface area contributed by atoms with Crippen LogP contribution in [0, 0.1) is 5.92 Å². The fourth-order valence-electron chi connectivity index (χ4n) is 3.27. The number of hydrogen-bond acceptors (Lipinski definition) is 3. The Hall–Kier alpha value is -2.63. The van der Waals surface area contributed by atoms with Crippen LogP contribution in [0.3, 0.4) is 0 Å². The molecule has 6 heteroatoms. The first-order chi connectivity index (χ1) is 12.5. The second kappa shape index (κ2) is 7.72. The lowest BCUT2D eigenvalue weighted by Gasteiger charge is -2.18. The van der Waals surface area contributed by atoms with Gasteiger partial charge in [0.05, 0.1) is 24.5 Å². The zero-order valence-corrected chi connectivity index (χ0v) is 15.6. The Morgan fingerprint density at radius 3 is 2.69 bits per heavy atom. The van der Waals surface area contributed by atoms with Crippen LogP contribution in [0.5, 0.6) is 0 Å². The van der Waals surface area contributed by atoms with Crippen LogP contribution in [0.1, 0.15) is 44.4 Å². The third kappa shape index (κ3) is 3.79. The summed E-state index contributed by atoms with van der Waals surface area (Å²) in [6.07, 6.45) is 3.76. The number of imidazole rings is 1. The quantitative estimate of drug-likeness (QED) is 0.867. The molecule has 1 atom stereocenters. The Morgan fingerprint density at radius 2 is 2.04 bits per heavy atom. The predicted molar refractivity (Wildman–Crippen MR) is 101 cm³/mol. The van der Waals surface area contributed by atoms with Crippen molar-refractivity contribution in [3.05, 3.63) is 48.0 Å². The molecule has 1 unspecified atom stereocenters. The van der Waals surface area contributed by atoms with E-state index < -0.39 is 0 Å². The van der Waals surface area contributed by atoms with Crippen LogP contribution in [0.15, 0.2) is 36.8 Å². The van der Waals surface area contributed by atoms with Crippen molar-refractivity contribution in [2.24, 2.45) is 5.92 Å². The number of aryl methyl sites for hydroxylation is 1. The molecule has 1 saturated heterocycles. The van der Waals surface area contributed by atoms with Crippen molar-refractivity contribution in [2.45, 2.75) is 46.2 Å². The van der Waals surface area contributed by atoms with Crippen LogP contribution < -0.4 is 10.2 Å². The molecule has 0 saturated carbocycles.